The van der Waals surface area contributed by atoms with Crippen molar-refractivity contribution < 1.29 is 0 Å². The molecule has 0 radical (unpaired) electrons. The minimum Gasteiger partial charge on any atom is -0.295 e. The van der Waals surface area contributed by atoms with E-state index in [0.717, 1.165) is 12.1 Å². The van der Waals surface area contributed by atoms with E-state index in [1.807, 2.05) is 0 Å². The molecule has 21 heavy (non-hydrogen) atoms. The zero-order valence-electron chi connectivity index (χ0n) is 12.2. The molecule has 0 bridgehead atoms. The van der Waals surface area contributed by atoms with Crippen LogP contribution in [0.1, 0.15) is 25.1 Å². The van der Waals surface area contributed by atoms with Crippen molar-refractivity contribution in [3.8, 4) is 0 Å². The fraction of sp³-hybridized carbons (Fsp3) is 0.211. The van der Waals surface area contributed by atoms with E-state index in [-0.39, 0.29) is 5.41 Å². The van der Waals surface area contributed by atoms with Crippen molar-refractivity contribution in [2.45, 2.75) is 25.7 Å². The average molecular weight is 272 g/mol. The number of aromatic nitrogens is 2. The van der Waals surface area contributed by atoms with Gasteiger partial charge in [-0.15, -0.1) is 0 Å². The summed E-state index contributed by atoms with van der Waals surface area (Å²) in [5, 5.41) is 3.88. The summed E-state index contributed by atoms with van der Waals surface area (Å²) in [5.41, 5.74) is 5.32. The van der Waals surface area contributed by atoms with Crippen LogP contribution in [-0.4, -0.2) is 9.38 Å². The fourth-order valence-electron chi connectivity index (χ4n) is 3.94. The molecule has 0 N–H and O–H groups in total. The lowest BCUT2D eigenvalue weighted by Gasteiger charge is -2.30. The van der Waals surface area contributed by atoms with Crippen LogP contribution in [0.4, 0.5) is 0 Å². The van der Waals surface area contributed by atoms with Crippen LogP contribution < -0.4 is 0 Å². The van der Waals surface area contributed by atoms with Crippen molar-refractivity contribution in [1.29, 1.82) is 0 Å². The third kappa shape index (κ3) is 1.26. The molecule has 0 atom stereocenters. The van der Waals surface area contributed by atoms with Gasteiger partial charge >= 0.3 is 0 Å². The van der Waals surface area contributed by atoms with E-state index >= 15 is 0 Å². The van der Waals surface area contributed by atoms with Crippen molar-refractivity contribution in [3.63, 3.8) is 0 Å². The predicted molar refractivity (Wildman–Crippen MR) is 86.9 cm³/mol. The second-order valence-electron chi connectivity index (χ2n) is 6.72. The predicted octanol–water partition coefficient (Wildman–Crippen LogP) is 4.47. The topological polar surface area (TPSA) is 17.3 Å². The van der Waals surface area contributed by atoms with E-state index in [1.165, 1.54) is 32.9 Å². The Morgan fingerprint density at radius 3 is 2.57 bits per heavy atom. The van der Waals surface area contributed by atoms with Gasteiger partial charge in [0.15, 0.2) is 0 Å². The quantitative estimate of drug-likeness (QED) is 0.432. The van der Waals surface area contributed by atoms with Crippen LogP contribution in [0.25, 0.3) is 27.3 Å². The molecule has 3 heterocycles. The molecule has 102 valence electrons. The molecule has 5 rings (SSSR count). The molecule has 0 spiro atoms. The Kier molecular flexibility index (Phi) is 1.86. The number of hydrogen-bond donors (Lipinski definition) is 0. The van der Waals surface area contributed by atoms with E-state index in [2.05, 4.69) is 66.9 Å². The van der Waals surface area contributed by atoms with Crippen molar-refractivity contribution in [1.82, 2.24) is 9.38 Å². The van der Waals surface area contributed by atoms with E-state index in [4.69, 9.17) is 4.98 Å². The molecule has 4 aromatic rings. The van der Waals surface area contributed by atoms with Crippen molar-refractivity contribution in [2.24, 2.45) is 0 Å². The second kappa shape index (κ2) is 3.45. The summed E-state index contributed by atoms with van der Waals surface area (Å²) >= 11 is 0. The molecular weight excluding hydrogens is 256 g/mol. The van der Waals surface area contributed by atoms with Gasteiger partial charge in [-0.25, -0.2) is 4.98 Å². The first-order valence-electron chi connectivity index (χ1n) is 7.47. The van der Waals surface area contributed by atoms with E-state index in [0.29, 0.717) is 0 Å². The highest BCUT2D eigenvalue weighted by atomic mass is 15.0. The molecule has 1 aliphatic rings. The second-order valence-corrected chi connectivity index (χ2v) is 6.72. The number of para-hydroxylation sites is 1. The molecule has 0 fully saturated rings. The maximum absolute atomic E-state index is 4.76. The largest absolute Gasteiger partial charge is 0.295 e. The molecule has 1 aliphatic heterocycles. The van der Waals surface area contributed by atoms with E-state index in [1.54, 1.807) is 0 Å². The van der Waals surface area contributed by atoms with Gasteiger partial charge in [0.25, 0.3) is 0 Å². The van der Waals surface area contributed by atoms with Gasteiger partial charge < -0.3 is 0 Å². The maximum atomic E-state index is 4.76. The Balaban J connectivity index is 2.21. The van der Waals surface area contributed by atoms with Gasteiger partial charge in [0.05, 0.1) is 5.52 Å². The van der Waals surface area contributed by atoms with Crippen molar-refractivity contribution >= 4 is 27.3 Å². The molecule has 0 unspecified atom stereocenters. The van der Waals surface area contributed by atoms with Gasteiger partial charge in [0, 0.05) is 28.1 Å². The first-order valence-corrected chi connectivity index (χ1v) is 7.47. The van der Waals surface area contributed by atoms with Crippen LogP contribution in [0.15, 0.2) is 48.7 Å². The summed E-state index contributed by atoms with van der Waals surface area (Å²) in [5.74, 6) is 0. The number of imidazole rings is 1. The van der Waals surface area contributed by atoms with Gasteiger partial charge in [0.2, 0.25) is 0 Å². The number of rotatable bonds is 0. The molecule has 0 saturated carbocycles. The van der Waals surface area contributed by atoms with Crippen LogP contribution in [-0.2, 0) is 11.8 Å². The minimum atomic E-state index is 0.128. The highest BCUT2D eigenvalue weighted by Crippen LogP contribution is 2.40. The Bertz CT molecular complexity index is 1040. The summed E-state index contributed by atoms with van der Waals surface area (Å²) < 4.78 is 2.39. The normalized spacial score (nSPS) is 16.3. The smallest absolute Gasteiger partial charge is 0.145 e. The minimum absolute atomic E-state index is 0.128. The first-order chi connectivity index (χ1) is 10.2. The number of nitrogens with zero attached hydrogens (tertiary/aromatic N) is 2. The Morgan fingerprint density at radius 1 is 0.952 bits per heavy atom. The first kappa shape index (κ1) is 11.3. The van der Waals surface area contributed by atoms with E-state index in [9.17, 15) is 0 Å². The van der Waals surface area contributed by atoms with Gasteiger partial charge in [-0.2, -0.15) is 0 Å². The number of fused-ring (bicyclic) bond motifs is 3. The average Bonchev–Trinajstić information content (AvgIpc) is 2.93. The number of pyridine rings is 1. The number of benzene rings is 2. The summed E-state index contributed by atoms with van der Waals surface area (Å²) in [6.07, 6.45) is 3.14. The lowest BCUT2D eigenvalue weighted by atomic mass is 9.80. The summed E-state index contributed by atoms with van der Waals surface area (Å²) in [6, 6.07) is 15.3. The van der Waals surface area contributed by atoms with Gasteiger partial charge in [0.1, 0.15) is 5.65 Å². The Labute approximate surface area is 123 Å². The summed E-state index contributed by atoms with van der Waals surface area (Å²) in [7, 11) is 0. The molecule has 2 aromatic carbocycles. The molecule has 0 amide bonds. The highest BCUT2D eigenvalue weighted by molar-refractivity contribution is 6.12. The molecule has 2 aromatic heterocycles. The molecule has 2 nitrogen and oxygen atoms in total. The lowest BCUT2D eigenvalue weighted by Crippen LogP contribution is -2.26. The van der Waals surface area contributed by atoms with Crippen LogP contribution in [0.2, 0.25) is 0 Å². The molecule has 2 heteroatoms. The monoisotopic (exact) mass is 272 g/mol. The fourth-order valence-corrected chi connectivity index (χ4v) is 3.94. The van der Waals surface area contributed by atoms with Crippen molar-refractivity contribution in [3.05, 3.63) is 59.9 Å². The summed E-state index contributed by atoms with van der Waals surface area (Å²) in [4.78, 5) is 4.76. The Hall–Kier alpha value is -2.35. The third-order valence-electron chi connectivity index (χ3n) is 4.89. The zero-order valence-corrected chi connectivity index (χ0v) is 12.2. The zero-order chi connectivity index (χ0) is 14.2. The molecule has 0 aliphatic carbocycles. The van der Waals surface area contributed by atoms with Crippen LogP contribution in [0.5, 0.6) is 0 Å². The molecular formula is C19H16N2. The lowest BCUT2D eigenvalue weighted by molar-refractivity contribution is 0.494. The van der Waals surface area contributed by atoms with Crippen molar-refractivity contribution in [2.75, 3.05) is 0 Å². The summed E-state index contributed by atoms with van der Waals surface area (Å²) in [6.45, 7) is 4.63. The maximum Gasteiger partial charge on any atom is 0.145 e. The Morgan fingerprint density at radius 2 is 1.71 bits per heavy atom. The van der Waals surface area contributed by atoms with E-state index < -0.39 is 0 Å². The van der Waals surface area contributed by atoms with Crippen LogP contribution in [0, 0.1) is 0 Å². The van der Waals surface area contributed by atoms with Gasteiger partial charge in [-0.3, -0.25) is 4.40 Å². The van der Waals surface area contributed by atoms with Crippen LogP contribution >= 0.6 is 0 Å². The SMILES string of the molecule is CC1(C)Cc2cccc3c4ccccc4c4ncc1n4c23. The van der Waals surface area contributed by atoms with Gasteiger partial charge in [-0.05, 0) is 17.4 Å². The highest BCUT2D eigenvalue weighted by Gasteiger charge is 2.31. The third-order valence-corrected chi connectivity index (χ3v) is 4.89. The standard InChI is InChI=1S/C19H16N2/c1-19(2)10-12-6-5-9-14-13-7-3-4-8-15(13)18-20-11-16(19)21(18)17(12)14/h3-9,11H,10H2,1-2H3. The van der Waals surface area contributed by atoms with Gasteiger partial charge in [-0.1, -0.05) is 56.3 Å². The van der Waals surface area contributed by atoms with Crippen LogP contribution in [0.3, 0.4) is 0 Å². The molecule has 0 saturated heterocycles. The number of hydrogen-bond acceptors (Lipinski definition) is 1.